The van der Waals surface area contributed by atoms with Crippen LogP contribution < -0.4 is 5.56 Å². The van der Waals surface area contributed by atoms with Crippen LogP contribution in [-0.2, 0) is 9.47 Å². The monoisotopic (exact) mass is 288 g/mol. The van der Waals surface area contributed by atoms with E-state index in [1.165, 1.54) is 0 Å². The van der Waals surface area contributed by atoms with E-state index >= 15 is 0 Å². The van der Waals surface area contributed by atoms with Gasteiger partial charge in [0, 0.05) is 0 Å². The summed E-state index contributed by atoms with van der Waals surface area (Å²) in [7, 11) is 0. The number of hydrogen-bond donors (Lipinski definition) is 2. The first-order chi connectivity index (χ1) is 10.1. The van der Waals surface area contributed by atoms with Gasteiger partial charge in [-0.1, -0.05) is 29.8 Å². The number of ether oxygens (including phenoxy) is 2. The molecule has 0 radical (unpaired) electrons. The smallest absolute Gasteiger partial charge is 0.262 e. The van der Waals surface area contributed by atoms with E-state index in [1.807, 2.05) is 19.1 Å². The number of benzene rings is 1. The average molecular weight is 288 g/mol. The Labute approximate surface area is 121 Å². The van der Waals surface area contributed by atoms with Crippen LogP contribution in [0.15, 0.2) is 29.1 Å². The average Bonchev–Trinajstić information content (AvgIpc) is 2.49. The third-order valence-corrected chi connectivity index (χ3v) is 3.38. The fourth-order valence-corrected chi connectivity index (χ4v) is 2.26. The zero-order chi connectivity index (χ0) is 14.8. The van der Waals surface area contributed by atoms with Crippen molar-refractivity contribution in [1.82, 2.24) is 9.97 Å². The molecule has 2 aromatic rings. The lowest BCUT2D eigenvalue weighted by Gasteiger charge is -2.22. The SMILES string of the molecule is Cc1ccc(-c2c(O)nc(C3COCCO3)[nH]c2=O)cc1. The number of nitrogens with one attached hydrogen (secondary N) is 1. The molecule has 1 aliphatic rings. The second kappa shape index (κ2) is 5.67. The topological polar surface area (TPSA) is 84.4 Å². The lowest BCUT2D eigenvalue weighted by atomic mass is 10.1. The van der Waals surface area contributed by atoms with Crippen LogP contribution in [0, 0.1) is 6.92 Å². The van der Waals surface area contributed by atoms with E-state index in [1.54, 1.807) is 12.1 Å². The molecule has 0 bridgehead atoms. The Bertz CT molecular complexity index is 688. The van der Waals surface area contributed by atoms with Gasteiger partial charge < -0.3 is 19.6 Å². The van der Waals surface area contributed by atoms with Crippen LogP contribution in [-0.4, -0.2) is 34.9 Å². The second-order valence-corrected chi connectivity index (χ2v) is 4.95. The summed E-state index contributed by atoms with van der Waals surface area (Å²) in [5.41, 5.74) is 1.47. The van der Waals surface area contributed by atoms with Crippen LogP contribution in [0.4, 0.5) is 0 Å². The van der Waals surface area contributed by atoms with Gasteiger partial charge in [0.1, 0.15) is 17.5 Å². The molecule has 1 unspecified atom stereocenters. The molecule has 0 amide bonds. The van der Waals surface area contributed by atoms with Crippen molar-refractivity contribution in [2.45, 2.75) is 13.0 Å². The Morgan fingerprint density at radius 2 is 2.05 bits per heavy atom. The van der Waals surface area contributed by atoms with Gasteiger partial charge in [-0.3, -0.25) is 4.79 Å². The molecule has 2 heterocycles. The Morgan fingerprint density at radius 1 is 1.29 bits per heavy atom. The molecule has 6 heteroatoms. The molecule has 0 saturated carbocycles. The fourth-order valence-electron chi connectivity index (χ4n) is 2.26. The predicted octanol–water partition coefficient (Wildman–Crippen LogP) is 1.54. The first kappa shape index (κ1) is 13.8. The van der Waals surface area contributed by atoms with Gasteiger partial charge in [-0.05, 0) is 12.5 Å². The summed E-state index contributed by atoms with van der Waals surface area (Å²) in [4.78, 5) is 19.0. The standard InChI is InChI=1S/C15H16N2O4/c1-9-2-4-10(5-3-9)12-14(18)16-13(17-15(12)19)11-8-20-6-7-21-11/h2-5,11H,6-8H2,1H3,(H2,16,17,18,19). The van der Waals surface area contributed by atoms with E-state index in [4.69, 9.17) is 9.47 Å². The molecule has 3 rings (SSSR count). The Hall–Kier alpha value is -2.18. The highest BCUT2D eigenvalue weighted by molar-refractivity contribution is 5.67. The maximum atomic E-state index is 12.2. The summed E-state index contributed by atoms with van der Waals surface area (Å²) in [6.07, 6.45) is -0.454. The molecule has 1 atom stereocenters. The number of aromatic amines is 1. The van der Waals surface area contributed by atoms with Gasteiger partial charge in [-0.25, -0.2) is 0 Å². The zero-order valence-corrected chi connectivity index (χ0v) is 11.6. The van der Waals surface area contributed by atoms with Crippen molar-refractivity contribution in [2.75, 3.05) is 19.8 Å². The molecule has 6 nitrogen and oxygen atoms in total. The number of hydrogen-bond acceptors (Lipinski definition) is 5. The van der Waals surface area contributed by atoms with Crippen molar-refractivity contribution in [3.8, 4) is 17.0 Å². The largest absolute Gasteiger partial charge is 0.493 e. The first-order valence-corrected chi connectivity index (χ1v) is 6.74. The van der Waals surface area contributed by atoms with Gasteiger partial charge in [0.15, 0.2) is 0 Å². The molecular weight excluding hydrogens is 272 g/mol. The third kappa shape index (κ3) is 2.81. The Balaban J connectivity index is 2.00. The highest BCUT2D eigenvalue weighted by atomic mass is 16.6. The van der Waals surface area contributed by atoms with Gasteiger partial charge in [0.05, 0.1) is 19.8 Å². The number of H-pyrrole nitrogens is 1. The maximum absolute atomic E-state index is 12.2. The Kier molecular flexibility index (Phi) is 3.72. The minimum Gasteiger partial charge on any atom is -0.493 e. The van der Waals surface area contributed by atoms with Crippen LogP contribution in [0.3, 0.4) is 0 Å². The van der Waals surface area contributed by atoms with Crippen molar-refractivity contribution >= 4 is 0 Å². The minimum atomic E-state index is -0.454. The number of aromatic hydroxyl groups is 1. The maximum Gasteiger partial charge on any atom is 0.262 e. The molecule has 1 aliphatic heterocycles. The van der Waals surface area contributed by atoms with Crippen molar-refractivity contribution in [1.29, 1.82) is 0 Å². The Morgan fingerprint density at radius 3 is 2.67 bits per heavy atom. The van der Waals surface area contributed by atoms with E-state index in [2.05, 4.69) is 9.97 Å². The van der Waals surface area contributed by atoms with E-state index in [-0.39, 0.29) is 17.3 Å². The molecule has 21 heavy (non-hydrogen) atoms. The van der Waals surface area contributed by atoms with Gasteiger partial charge in [0.25, 0.3) is 5.56 Å². The molecule has 1 saturated heterocycles. The van der Waals surface area contributed by atoms with E-state index < -0.39 is 11.7 Å². The molecule has 1 aromatic carbocycles. The summed E-state index contributed by atoms with van der Waals surface area (Å²) in [6.45, 7) is 3.23. The number of rotatable bonds is 2. The quantitative estimate of drug-likeness (QED) is 0.875. The number of nitrogens with zero attached hydrogens (tertiary/aromatic N) is 1. The summed E-state index contributed by atoms with van der Waals surface area (Å²) in [5.74, 6) is -0.0140. The molecule has 1 fully saturated rings. The van der Waals surface area contributed by atoms with Gasteiger partial charge in [-0.2, -0.15) is 4.98 Å². The van der Waals surface area contributed by atoms with Crippen LogP contribution in [0.5, 0.6) is 5.88 Å². The normalized spacial score (nSPS) is 18.6. The lowest BCUT2D eigenvalue weighted by Crippen LogP contribution is -2.26. The van der Waals surface area contributed by atoms with Gasteiger partial charge in [-0.15, -0.1) is 0 Å². The molecular formula is C15H16N2O4. The van der Waals surface area contributed by atoms with E-state index in [9.17, 15) is 9.90 Å². The molecule has 0 spiro atoms. The summed E-state index contributed by atoms with van der Waals surface area (Å²) in [5, 5.41) is 10.1. The number of aromatic nitrogens is 2. The highest BCUT2D eigenvalue weighted by Gasteiger charge is 2.22. The molecule has 0 aliphatic carbocycles. The van der Waals surface area contributed by atoms with Crippen LogP contribution >= 0.6 is 0 Å². The van der Waals surface area contributed by atoms with E-state index in [0.29, 0.717) is 25.4 Å². The zero-order valence-electron chi connectivity index (χ0n) is 11.6. The molecule has 2 N–H and O–H groups in total. The first-order valence-electron chi connectivity index (χ1n) is 6.74. The van der Waals surface area contributed by atoms with Gasteiger partial charge >= 0.3 is 0 Å². The summed E-state index contributed by atoms with van der Waals surface area (Å²) in [6, 6.07) is 7.31. The van der Waals surface area contributed by atoms with Crippen LogP contribution in [0.25, 0.3) is 11.1 Å². The van der Waals surface area contributed by atoms with Crippen molar-refractivity contribution in [3.63, 3.8) is 0 Å². The minimum absolute atomic E-state index is 0.162. The molecule has 1 aromatic heterocycles. The van der Waals surface area contributed by atoms with Crippen LogP contribution in [0.2, 0.25) is 0 Å². The summed E-state index contributed by atoms with van der Waals surface area (Å²) < 4.78 is 10.7. The van der Waals surface area contributed by atoms with Crippen LogP contribution in [0.1, 0.15) is 17.5 Å². The van der Waals surface area contributed by atoms with Crippen molar-refractivity contribution in [3.05, 3.63) is 46.0 Å². The van der Waals surface area contributed by atoms with Gasteiger partial charge in [0.2, 0.25) is 5.88 Å². The molecule has 110 valence electrons. The van der Waals surface area contributed by atoms with Crippen molar-refractivity contribution < 1.29 is 14.6 Å². The lowest BCUT2D eigenvalue weighted by molar-refractivity contribution is -0.0937. The van der Waals surface area contributed by atoms with Crippen molar-refractivity contribution in [2.24, 2.45) is 0 Å². The predicted molar refractivity (Wildman–Crippen MR) is 76.2 cm³/mol. The second-order valence-electron chi connectivity index (χ2n) is 4.95. The fraction of sp³-hybridized carbons (Fsp3) is 0.333. The number of aryl methyl sites for hydroxylation is 1. The third-order valence-electron chi connectivity index (χ3n) is 3.38. The highest BCUT2D eigenvalue weighted by Crippen LogP contribution is 2.25. The van der Waals surface area contributed by atoms with E-state index in [0.717, 1.165) is 5.56 Å². The summed E-state index contributed by atoms with van der Waals surface area (Å²) >= 11 is 0.